The number of nitrogens with zero attached hydrogens (tertiary/aromatic N) is 4. The van der Waals surface area contributed by atoms with Gasteiger partial charge in [0, 0.05) is 37.5 Å². The Morgan fingerprint density at radius 3 is 2.43 bits per heavy atom. The zero-order valence-electron chi connectivity index (χ0n) is 11.9. The molecule has 0 aliphatic rings. The highest BCUT2D eigenvalue weighted by Crippen LogP contribution is 2.11. The molecule has 108 valence electrons. The standard InChI is InChI=1S/C15H15ClN4O/c1-20(2)15(13(9-17)10-18)7-8-19-21-11-12-3-5-14(16)6-4-12/h3-6,8H,7,11H2,1-2H3/b19-8-. The highest BCUT2D eigenvalue weighted by atomic mass is 35.5. The van der Waals surface area contributed by atoms with Gasteiger partial charge in [-0.15, -0.1) is 0 Å². The van der Waals surface area contributed by atoms with E-state index in [0.717, 1.165) is 5.56 Å². The van der Waals surface area contributed by atoms with E-state index in [4.69, 9.17) is 27.0 Å². The van der Waals surface area contributed by atoms with Crippen LogP contribution in [0.1, 0.15) is 12.0 Å². The lowest BCUT2D eigenvalue weighted by Crippen LogP contribution is -2.13. The number of benzene rings is 1. The molecule has 0 heterocycles. The summed E-state index contributed by atoms with van der Waals surface area (Å²) in [5.41, 5.74) is 1.62. The summed E-state index contributed by atoms with van der Waals surface area (Å²) in [6.45, 7) is 0.331. The van der Waals surface area contributed by atoms with Gasteiger partial charge in [0.2, 0.25) is 0 Å². The Balaban J connectivity index is 2.54. The Bertz CT molecular complexity index is 590. The molecule has 5 nitrogen and oxygen atoms in total. The van der Waals surface area contributed by atoms with Crippen LogP contribution in [-0.2, 0) is 11.4 Å². The van der Waals surface area contributed by atoms with E-state index in [1.807, 2.05) is 24.3 Å². The molecule has 0 atom stereocenters. The molecule has 0 amide bonds. The van der Waals surface area contributed by atoms with Crippen molar-refractivity contribution in [1.82, 2.24) is 4.90 Å². The number of hydrogen-bond acceptors (Lipinski definition) is 5. The lowest BCUT2D eigenvalue weighted by molar-refractivity contribution is 0.131. The average Bonchev–Trinajstić information content (AvgIpc) is 2.47. The number of oxime groups is 1. The van der Waals surface area contributed by atoms with Crippen molar-refractivity contribution in [3.05, 3.63) is 46.1 Å². The van der Waals surface area contributed by atoms with Crippen molar-refractivity contribution in [3.8, 4) is 12.1 Å². The monoisotopic (exact) mass is 302 g/mol. The maximum absolute atomic E-state index is 8.88. The number of halogens is 1. The van der Waals surface area contributed by atoms with Crippen molar-refractivity contribution in [2.45, 2.75) is 13.0 Å². The molecule has 0 unspecified atom stereocenters. The molecule has 1 aromatic rings. The van der Waals surface area contributed by atoms with Gasteiger partial charge in [0.1, 0.15) is 24.3 Å². The first-order valence-electron chi connectivity index (χ1n) is 6.17. The van der Waals surface area contributed by atoms with Gasteiger partial charge in [0.25, 0.3) is 0 Å². The molecule has 0 aliphatic heterocycles. The predicted octanol–water partition coefficient (Wildman–Crippen LogP) is 3.10. The van der Waals surface area contributed by atoms with E-state index < -0.39 is 0 Å². The molecule has 0 aromatic heterocycles. The van der Waals surface area contributed by atoms with Crippen LogP contribution in [0.4, 0.5) is 0 Å². The molecular formula is C15H15ClN4O. The van der Waals surface area contributed by atoms with Crippen LogP contribution in [-0.4, -0.2) is 25.2 Å². The van der Waals surface area contributed by atoms with Crippen molar-refractivity contribution >= 4 is 17.8 Å². The van der Waals surface area contributed by atoms with Crippen LogP contribution in [0.15, 0.2) is 40.7 Å². The lowest BCUT2D eigenvalue weighted by atomic mass is 10.2. The van der Waals surface area contributed by atoms with E-state index in [1.54, 1.807) is 31.1 Å². The second-order valence-corrected chi connectivity index (χ2v) is 4.77. The van der Waals surface area contributed by atoms with E-state index in [9.17, 15) is 0 Å². The maximum atomic E-state index is 8.88. The Kier molecular flexibility index (Phi) is 6.80. The minimum Gasteiger partial charge on any atom is -0.391 e. The zero-order chi connectivity index (χ0) is 15.7. The van der Waals surface area contributed by atoms with E-state index in [-0.39, 0.29) is 5.57 Å². The highest BCUT2D eigenvalue weighted by Gasteiger charge is 2.07. The van der Waals surface area contributed by atoms with Crippen molar-refractivity contribution < 1.29 is 4.84 Å². The summed E-state index contributed by atoms with van der Waals surface area (Å²) in [5.74, 6) is 0. The third-order valence-electron chi connectivity index (χ3n) is 2.63. The highest BCUT2D eigenvalue weighted by molar-refractivity contribution is 6.30. The molecule has 0 aliphatic carbocycles. The van der Waals surface area contributed by atoms with Crippen LogP contribution >= 0.6 is 11.6 Å². The fraction of sp³-hybridized carbons (Fsp3) is 0.267. The second-order valence-electron chi connectivity index (χ2n) is 4.33. The molecule has 0 N–H and O–H groups in total. The van der Waals surface area contributed by atoms with Gasteiger partial charge in [-0.3, -0.25) is 0 Å². The van der Waals surface area contributed by atoms with E-state index >= 15 is 0 Å². The molecule has 0 bridgehead atoms. The first-order valence-corrected chi connectivity index (χ1v) is 6.55. The molecule has 0 saturated heterocycles. The van der Waals surface area contributed by atoms with Crippen LogP contribution in [0.5, 0.6) is 0 Å². The van der Waals surface area contributed by atoms with Gasteiger partial charge in [-0.25, -0.2) is 0 Å². The Morgan fingerprint density at radius 1 is 1.29 bits per heavy atom. The smallest absolute Gasteiger partial charge is 0.149 e. The van der Waals surface area contributed by atoms with Gasteiger partial charge in [0.05, 0.1) is 0 Å². The second kappa shape index (κ2) is 8.63. The lowest BCUT2D eigenvalue weighted by Gasteiger charge is -2.14. The van der Waals surface area contributed by atoms with Crippen LogP contribution in [0.3, 0.4) is 0 Å². The van der Waals surface area contributed by atoms with Crippen molar-refractivity contribution in [1.29, 1.82) is 10.5 Å². The first-order chi connectivity index (χ1) is 10.1. The quantitative estimate of drug-likeness (QED) is 0.460. The number of rotatable bonds is 6. The molecule has 0 saturated carbocycles. The van der Waals surface area contributed by atoms with Crippen molar-refractivity contribution in [3.63, 3.8) is 0 Å². The molecule has 1 rings (SSSR count). The van der Waals surface area contributed by atoms with Crippen LogP contribution in [0, 0.1) is 22.7 Å². The van der Waals surface area contributed by atoms with Crippen molar-refractivity contribution in [2.24, 2.45) is 5.16 Å². The predicted molar refractivity (Wildman–Crippen MR) is 81.3 cm³/mol. The zero-order valence-corrected chi connectivity index (χ0v) is 12.6. The summed E-state index contributed by atoms with van der Waals surface area (Å²) >= 11 is 5.78. The van der Waals surface area contributed by atoms with Gasteiger partial charge in [-0.2, -0.15) is 10.5 Å². The van der Waals surface area contributed by atoms with Gasteiger partial charge < -0.3 is 9.74 Å². The van der Waals surface area contributed by atoms with E-state index in [2.05, 4.69) is 5.16 Å². The number of allylic oxidation sites excluding steroid dienone is 2. The van der Waals surface area contributed by atoms with Crippen LogP contribution in [0.25, 0.3) is 0 Å². The number of hydrogen-bond donors (Lipinski definition) is 0. The molecule has 0 spiro atoms. The summed E-state index contributed by atoms with van der Waals surface area (Å²) in [4.78, 5) is 6.87. The Hall–Kier alpha value is -2.50. The van der Waals surface area contributed by atoms with Gasteiger partial charge in [-0.05, 0) is 17.7 Å². The summed E-state index contributed by atoms with van der Waals surface area (Å²) in [6.07, 6.45) is 1.88. The summed E-state index contributed by atoms with van der Waals surface area (Å²) in [6, 6.07) is 11.0. The van der Waals surface area contributed by atoms with Crippen molar-refractivity contribution in [2.75, 3.05) is 14.1 Å². The minimum absolute atomic E-state index is 0.0733. The fourth-order valence-corrected chi connectivity index (χ4v) is 1.66. The molecular weight excluding hydrogens is 288 g/mol. The van der Waals surface area contributed by atoms with Gasteiger partial charge in [0.15, 0.2) is 0 Å². The normalized spacial score (nSPS) is 9.76. The van der Waals surface area contributed by atoms with Crippen LogP contribution in [0.2, 0.25) is 5.02 Å². The third kappa shape index (κ3) is 5.56. The average molecular weight is 303 g/mol. The summed E-state index contributed by atoms with van der Waals surface area (Å²) in [7, 11) is 3.54. The molecule has 0 radical (unpaired) electrons. The largest absolute Gasteiger partial charge is 0.391 e. The molecule has 21 heavy (non-hydrogen) atoms. The number of nitriles is 2. The summed E-state index contributed by atoms with van der Waals surface area (Å²) in [5, 5.41) is 22.2. The maximum Gasteiger partial charge on any atom is 0.149 e. The molecule has 6 heteroatoms. The molecule has 0 fully saturated rings. The van der Waals surface area contributed by atoms with E-state index in [0.29, 0.717) is 23.7 Å². The SMILES string of the molecule is CN(C)C(C/C=N\OCc1ccc(Cl)cc1)=C(C#N)C#N. The van der Waals surface area contributed by atoms with Crippen LogP contribution < -0.4 is 0 Å². The molecule has 1 aromatic carbocycles. The third-order valence-corrected chi connectivity index (χ3v) is 2.88. The Labute approximate surface area is 129 Å². The summed E-state index contributed by atoms with van der Waals surface area (Å²) < 4.78 is 0. The van der Waals surface area contributed by atoms with Gasteiger partial charge in [-0.1, -0.05) is 28.9 Å². The topological polar surface area (TPSA) is 72.4 Å². The minimum atomic E-state index is 0.0733. The Morgan fingerprint density at radius 2 is 1.90 bits per heavy atom. The van der Waals surface area contributed by atoms with Gasteiger partial charge >= 0.3 is 0 Å². The first kappa shape index (κ1) is 16.6. The fourth-order valence-electron chi connectivity index (χ4n) is 1.53. The van der Waals surface area contributed by atoms with E-state index in [1.165, 1.54) is 6.21 Å².